The van der Waals surface area contributed by atoms with E-state index >= 15 is 0 Å². The normalized spacial score (nSPS) is 26.9. The molecule has 2 rings (SSSR count). The maximum atomic E-state index is 13.2. The minimum atomic E-state index is -0.306. The number of halogens is 1. The van der Waals surface area contributed by atoms with Gasteiger partial charge in [-0.2, -0.15) is 5.26 Å². The zero-order chi connectivity index (χ0) is 14.8. The molecule has 1 aromatic carbocycles. The molecule has 1 aliphatic rings. The molecule has 0 N–H and O–H groups in total. The highest BCUT2D eigenvalue weighted by Gasteiger charge is 2.37. The Labute approximate surface area is 120 Å². The molecule has 3 heteroatoms. The van der Waals surface area contributed by atoms with Crippen molar-refractivity contribution in [2.24, 2.45) is 17.3 Å². The third-order valence-electron chi connectivity index (χ3n) is 4.27. The van der Waals surface area contributed by atoms with E-state index in [1.165, 1.54) is 12.1 Å². The summed E-state index contributed by atoms with van der Waals surface area (Å²) >= 11 is 0. The van der Waals surface area contributed by atoms with Crippen LogP contribution in [0.1, 0.15) is 40.0 Å². The predicted octanol–water partition coefficient (Wildman–Crippen LogP) is 4.56. The van der Waals surface area contributed by atoms with Crippen LogP contribution < -0.4 is 4.74 Å². The standard InChI is InChI=1S/C17H22FNO/c1-17(2,3)13-8-7-12(11-19)16(9-13)20-15-6-4-5-14(18)10-15/h4-6,10,12-13,16H,7-9H2,1-3H3. The molecule has 0 spiro atoms. The van der Waals surface area contributed by atoms with Gasteiger partial charge < -0.3 is 4.74 Å². The maximum Gasteiger partial charge on any atom is 0.126 e. The quantitative estimate of drug-likeness (QED) is 0.792. The first-order valence-electron chi connectivity index (χ1n) is 7.22. The van der Waals surface area contributed by atoms with Gasteiger partial charge in [-0.05, 0) is 42.7 Å². The minimum absolute atomic E-state index is 0.100. The Morgan fingerprint density at radius 3 is 2.65 bits per heavy atom. The van der Waals surface area contributed by atoms with Gasteiger partial charge in [0.15, 0.2) is 0 Å². The molecule has 0 bridgehead atoms. The summed E-state index contributed by atoms with van der Waals surface area (Å²) in [5.74, 6) is 0.645. The second-order valence-corrected chi connectivity index (χ2v) is 6.73. The van der Waals surface area contributed by atoms with Crippen molar-refractivity contribution in [3.8, 4) is 11.8 Å². The van der Waals surface area contributed by atoms with E-state index in [4.69, 9.17) is 4.74 Å². The summed E-state index contributed by atoms with van der Waals surface area (Å²) < 4.78 is 19.1. The molecule has 3 unspecified atom stereocenters. The molecule has 20 heavy (non-hydrogen) atoms. The van der Waals surface area contributed by atoms with Crippen molar-refractivity contribution >= 4 is 0 Å². The fourth-order valence-electron chi connectivity index (χ4n) is 2.91. The Balaban J connectivity index is 2.12. The Bertz CT molecular complexity index is 500. The van der Waals surface area contributed by atoms with Crippen molar-refractivity contribution in [1.29, 1.82) is 5.26 Å². The SMILES string of the molecule is CC(C)(C)C1CCC(C#N)C(Oc2cccc(F)c2)C1. The van der Waals surface area contributed by atoms with Crippen LogP contribution in [-0.2, 0) is 0 Å². The number of benzene rings is 1. The molecular weight excluding hydrogens is 253 g/mol. The number of rotatable bonds is 2. The van der Waals surface area contributed by atoms with Crippen LogP contribution in [0, 0.1) is 34.4 Å². The number of hydrogen-bond donors (Lipinski definition) is 0. The molecule has 2 nitrogen and oxygen atoms in total. The molecule has 1 fully saturated rings. The molecule has 1 aromatic rings. The molecule has 108 valence electrons. The predicted molar refractivity (Wildman–Crippen MR) is 76.7 cm³/mol. The minimum Gasteiger partial charge on any atom is -0.489 e. The van der Waals surface area contributed by atoms with Crippen molar-refractivity contribution in [2.75, 3.05) is 0 Å². The zero-order valence-electron chi connectivity index (χ0n) is 12.4. The van der Waals surface area contributed by atoms with Crippen molar-refractivity contribution in [2.45, 2.75) is 46.1 Å². The maximum absolute atomic E-state index is 13.2. The highest BCUT2D eigenvalue weighted by Crippen LogP contribution is 2.41. The number of hydrogen-bond acceptors (Lipinski definition) is 2. The smallest absolute Gasteiger partial charge is 0.126 e. The summed E-state index contributed by atoms with van der Waals surface area (Å²) in [5, 5.41) is 9.28. The number of nitrogens with zero attached hydrogens (tertiary/aromatic N) is 1. The van der Waals surface area contributed by atoms with Crippen LogP contribution in [0.15, 0.2) is 24.3 Å². The van der Waals surface area contributed by atoms with Crippen molar-refractivity contribution < 1.29 is 9.13 Å². The Kier molecular flexibility index (Phi) is 4.32. The van der Waals surface area contributed by atoms with Crippen LogP contribution in [0.3, 0.4) is 0 Å². The van der Waals surface area contributed by atoms with Crippen LogP contribution in [0.25, 0.3) is 0 Å². The lowest BCUT2D eigenvalue weighted by Gasteiger charge is -2.39. The topological polar surface area (TPSA) is 33.0 Å². The van der Waals surface area contributed by atoms with E-state index < -0.39 is 0 Å². The van der Waals surface area contributed by atoms with Gasteiger partial charge in [-0.15, -0.1) is 0 Å². The lowest BCUT2D eigenvalue weighted by Crippen LogP contribution is -2.37. The molecule has 0 heterocycles. The van der Waals surface area contributed by atoms with Crippen LogP contribution in [0.4, 0.5) is 4.39 Å². The van der Waals surface area contributed by atoms with E-state index in [0.717, 1.165) is 19.3 Å². The van der Waals surface area contributed by atoms with Crippen molar-refractivity contribution in [3.63, 3.8) is 0 Å². The van der Waals surface area contributed by atoms with Gasteiger partial charge in [0.25, 0.3) is 0 Å². The van der Waals surface area contributed by atoms with E-state index in [0.29, 0.717) is 11.7 Å². The van der Waals surface area contributed by atoms with Crippen LogP contribution in [0.2, 0.25) is 0 Å². The third kappa shape index (κ3) is 3.50. The molecule has 0 amide bonds. The average Bonchev–Trinajstić information content (AvgIpc) is 2.37. The molecule has 0 aromatic heterocycles. The lowest BCUT2D eigenvalue weighted by molar-refractivity contribution is 0.0492. The first-order valence-corrected chi connectivity index (χ1v) is 7.22. The van der Waals surface area contributed by atoms with Gasteiger partial charge in [0, 0.05) is 6.07 Å². The molecule has 0 radical (unpaired) electrons. The second-order valence-electron chi connectivity index (χ2n) is 6.73. The van der Waals surface area contributed by atoms with Gasteiger partial charge >= 0.3 is 0 Å². The van der Waals surface area contributed by atoms with E-state index in [1.807, 2.05) is 0 Å². The summed E-state index contributed by atoms with van der Waals surface area (Å²) in [4.78, 5) is 0. The Morgan fingerprint density at radius 1 is 1.30 bits per heavy atom. The average molecular weight is 275 g/mol. The molecule has 0 aliphatic heterocycles. The molecule has 3 atom stereocenters. The summed E-state index contributed by atoms with van der Waals surface area (Å²) in [7, 11) is 0. The van der Waals surface area contributed by atoms with Gasteiger partial charge in [-0.1, -0.05) is 26.8 Å². The largest absolute Gasteiger partial charge is 0.489 e. The number of nitriles is 1. The van der Waals surface area contributed by atoms with Crippen LogP contribution >= 0.6 is 0 Å². The zero-order valence-corrected chi connectivity index (χ0v) is 12.4. The van der Waals surface area contributed by atoms with Crippen LogP contribution in [0.5, 0.6) is 5.75 Å². The lowest BCUT2D eigenvalue weighted by atomic mass is 9.69. The highest BCUT2D eigenvalue weighted by molar-refractivity contribution is 5.23. The summed E-state index contributed by atoms with van der Waals surface area (Å²) in [6.07, 6.45) is 2.64. The Hall–Kier alpha value is -1.56. The summed E-state index contributed by atoms with van der Waals surface area (Å²) in [6, 6.07) is 8.51. The first kappa shape index (κ1) is 14.8. The van der Waals surface area contributed by atoms with Crippen molar-refractivity contribution in [1.82, 2.24) is 0 Å². The first-order chi connectivity index (χ1) is 9.40. The van der Waals surface area contributed by atoms with Gasteiger partial charge in [0.05, 0.1) is 12.0 Å². The van der Waals surface area contributed by atoms with E-state index in [9.17, 15) is 9.65 Å². The van der Waals surface area contributed by atoms with Gasteiger partial charge in [0.2, 0.25) is 0 Å². The second kappa shape index (κ2) is 5.83. The van der Waals surface area contributed by atoms with Gasteiger partial charge in [-0.3, -0.25) is 0 Å². The third-order valence-corrected chi connectivity index (χ3v) is 4.27. The highest BCUT2D eigenvalue weighted by atomic mass is 19.1. The van der Waals surface area contributed by atoms with Gasteiger partial charge in [-0.25, -0.2) is 4.39 Å². The van der Waals surface area contributed by atoms with E-state index in [-0.39, 0.29) is 23.3 Å². The van der Waals surface area contributed by atoms with Gasteiger partial charge in [0.1, 0.15) is 17.7 Å². The van der Waals surface area contributed by atoms with Crippen molar-refractivity contribution in [3.05, 3.63) is 30.1 Å². The molecule has 1 saturated carbocycles. The Morgan fingerprint density at radius 2 is 2.05 bits per heavy atom. The fraction of sp³-hybridized carbons (Fsp3) is 0.588. The molecule has 1 aliphatic carbocycles. The van der Waals surface area contributed by atoms with Crippen LogP contribution in [-0.4, -0.2) is 6.10 Å². The molecular formula is C17H22FNO. The number of ether oxygens (including phenoxy) is 1. The monoisotopic (exact) mass is 275 g/mol. The molecule has 0 saturated heterocycles. The summed E-state index contributed by atoms with van der Waals surface area (Å²) in [5.41, 5.74) is 0.212. The fourth-order valence-corrected chi connectivity index (χ4v) is 2.91. The summed E-state index contributed by atoms with van der Waals surface area (Å²) in [6.45, 7) is 6.68. The van der Waals surface area contributed by atoms with E-state index in [2.05, 4.69) is 26.8 Å². The van der Waals surface area contributed by atoms with E-state index in [1.54, 1.807) is 12.1 Å².